The van der Waals surface area contributed by atoms with Crippen LogP contribution in [0.1, 0.15) is 37.3 Å². The summed E-state index contributed by atoms with van der Waals surface area (Å²) in [6.45, 7) is 0. The third kappa shape index (κ3) is 5.27. The van der Waals surface area contributed by atoms with Gasteiger partial charge in [0.2, 0.25) is 5.95 Å². The van der Waals surface area contributed by atoms with E-state index in [9.17, 15) is 13.2 Å². The van der Waals surface area contributed by atoms with E-state index in [0.29, 0.717) is 35.2 Å². The third-order valence-electron chi connectivity index (χ3n) is 6.60. The Balaban J connectivity index is 1.31. The van der Waals surface area contributed by atoms with Crippen LogP contribution in [0.3, 0.4) is 0 Å². The van der Waals surface area contributed by atoms with E-state index in [-0.39, 0.29) is 17.6 Å². The maximum Gasteiger partial charge on any atom is 0.407 e. The minimum absolute atomic E-state index is 0.0754. The molecule has 3 atom stereocenters. The first kappa shape index (κ1) is 24.4. The van der Waals surface area contributed by atoms with E-state index in [4.69, 9.17) is 17.3 Å². The van der Waals surface area contributed by atoms with E-state index in [1.54, 1.807) is 6.20 Å². The smallest absolute Gasteiger partial charge is 0.399 e. The third-order valence-corrected chi connectivity index (χ3v) is 6.87. The number of nitrogens with zero attached hydrogens (tertiary/aromatic N) is 2. The zero-order valence-corrected chi connectivity index (χ0v) is 20.1. The molecule has 2 aromatic carbocycles. The number of aromatic nitrogens is 3. The number of nitrogen functional groups attached to an aromatic ring is 1. The molecule has 36 heavy (non-hydrogen) atoms. The molecule has 6 nitrogen and oxygen atoms in total. The van der Waals surface area contributed by atoms with E-state index < -0.39 is 12.2 Å². The summed E-state index contributed by atoms with van der Waals surface area (Å²) in [7, 11) is 0. The maximum absolute atomic E-state index is 13.9. The molecule has 2 aromatic heterocycles. The second kappa shape index (κ2) is 9.99. The van der Waals surface area contributed by atoms with Crippen LogP contribution in [0, 0.1) is 0 Å². The Morgan fingerprint density at radius 3 is 2.58 bits per heavy atom. The van der Waals surface area contributed by atoms with Gasteiger partial charge in [-0.25, -0.2) is 9.97 Å². The van der Waals surface area contributed by atoms with Gasteiger partial charge >= 0.3 is 6.18 Å². The van der Waals surface area contributed by atoms with Gasteiger partial charge in [-0.05, 0) is 49.4 Å². The molecule has 0 saturated heterocycles. The normalized spacial score (nSPS) is 19.3. The lowest BCUT2D eigenvalue weighted by Gasteiger charge is -2.34. The predicted octanol–water partition coefficient (Wildman–Crippen LogP) is 6.48. The van der Waals surface area contributed by atoms with Crippen molar-refractivity contribution in [3.8, 4) is 11.3 Å². The number of nitrogens with one attached hydrogen (secondary N) is 3. The number of aromatic amines is 1. The summed E-state index contributed by atoms with van der Waals surface area (Å²) >= 11 is 6.43. The van der Waals surface area contributed by atoms with Gasteiger partial charge in [0.05, 0.1) is 16.9 Å². The molecule has 188 valence electrons. The Kier molecular flexibility index (Phi) is 6.77. The average Bonchev–Trinajstić information content (AvgIpc) is 3.28. The van der Waals surface area contributed by atoms with Gasteiger partial charge in [0, 0.05) is 40.4 Å². The van der Waals surface area contributed by atoms with E-state index in [0.717, 1.165) is 29.3 Å². The standard InChI is InChI=1S/C26H26ClF3N6/c27-21-14-33-25(36-23(21)20-13-32-22-7-2-1-6-19(20)22)35-18-5-3-4-17(12-18)34-24(26(28,29)30)15-8-10-16(31)11-9-15/h1-2,6-11,13-14,17-18,24,32,34H,3-5,12,31H2,(H,33,35,36). The van der Waals surface area contributed by atoms with E-state index in [1.807, 2.05) is 30.5 Å². The highest BCUT2D eigenvalue weighted by atomic mass is 35.5. The number of benzene rings is 2. The fourth-order valence-corrected chi connectivity index (χ4v) is 5.04. The van der Waals surface area contributed by atoms with Gasteiger partial charge in [-0.3, -0.25) is 5.32 Å². The summed E-state index contributed by atoms with van der Waals surface area (Å²) in [6.07, 6.45) is 1.74. The first-order chi connectivity index (χ1) is 17.3. The highest BCUT2D eigenvalue weighted by Gasteiger charge is 2.42. The molecule has 0 bridgehead atoms. The highest BCUT2D eigenvalue weighted by Crippen LogP contribution is 2.36. The molecule has 3 unspecified atom stereocenters. The number of para-hydroxylation sites is 1. The number of H-pyrrole nitrogens is 1. The molecule has 0 aliphatic heterocycles. The molecule has 5 N–H and O–H groups in total. The van der Waals surface area contributed by atoms with Crippen LogP contribution in [0.25, 0.3) is 22.2 Å². The molecule has 10 heteroatoms. The minimum Gasteiger partial charge on any atom is -0.399 e. The van der Waals surface area contributed by atoms with Crippen LogP contribution in [0.4, 0.5) is 24.8 Å². The van der Waals surface area contributed by atoms with Gasteiger partial charge in [0.1, 0.15) is 6.04 Å². The van der Waals surface area contributed by atoms with Gasteiger partial charge in [0.15, 0.2) is 0 Å². The highest BCUT2D eigenvalue weighted by molar-refractivity contribution is 6.33. The largest absolute Gasteiger partial charge is 0.407 e. The second-order valence-corrected chi connectivity index (χ2v) is 9.56. The lowest BCUT2D eigenvalue weighted by molar-refractivity contribution is -0.160. The molecule has 1 aliphatic carbocycles. The van der Waals surface area contributed by atoms with Gasteiger partial charge in [-0.15, -0.1) is 0 Å². The summed E-state index contributed by atoms with van der Waals surface area (Å²) in [5, 5.41) is 7.57. The second-order valence-electron chi connectivity index (χ2n) is 9.15. The lowest BCUT2D eigenvalue weighted by Crippen LogP contribution is -2.45. The topological polar surface area (TPSA) is 91.6 Å². The number of hydrogen-bond donors (Lipinski definition) is 4. The van der Waals surface area contributed by atoms with Crippen molar-refractivity contribution in [2.45, 2.75) is 50.0 Å². The Bertz CT molecular complexity index is 1340. The first-order valence-corrected chi connectivity index (χ1v) is 12.2. The van der Waals surface area contributed by atoms with Gasteiger partial charge < -0.3 is 16.0 Å². The Morgan fingerprint density at radius 2 is 1.81 bits per heavy atom. The van der Waals surface area contributed by atoms with Crippen molar-refractivity contribution in [1.82, 2.24) is 20.3 Å². The molecule has 1 aliphatic rings. The SMILES string of the molecule is Nc1ccc(C(NC2CCCC(Nc3ncc(Cl)c(-c4c[nH]c5ccccc45)n3)C2)C(F)(F)F)cc1. The Hall–Kier alpha value is -3.30. The predicted molar refractivity (Wildman–Crippen MR) is 137 cm³/mol. The lowest BCUT2D eigenvalue weighted by atomic mass is 9.90. The molecule has 0 spiro atoms. The zero-order valence-electron chi connectivity index (χ0n) is 19.3. The van der Waals surface area contributed by atoms with Gasteiger partial charge in [-0.2, -0.15) is 13.2 Å². The molecular weight excluding hydrogens is 489 g/mol. The van der Waals surface area contributed by atoms with Crippen molar-refractivity contribution >= 4 is 34.1 Å². The first-order valence-electron chi connectivity index (χ1n) is 11.8. The van der Waals surface area contributed by atoms with Crippen LogP contribution in [0.15, 0.2) is 60.9 Å². The van der Waals surface area contributed by atoms with Gasteiger partial charge in [0.25, 0.3) is 0 Å². The van der Waals surface area contributed by atoms with Crippen molar-refractivity contribution < 1.29 is 13.2 Å². The molecule has 2 heterocycles. The Morgan fingerprint density at radius 1 is 1.06 bits per heavy atom. The molecule has 0 radical (unpaired) electrons. The molecule has 4 aromatic rings. The summed E-state index contributed by atoms with van der Waals surface area (Å²) in [5.74, 6) is 0.399. The van der Waals surface area contributed by atoms with Gasteiger partial charge in [-0.1, -0.05) is 41.9 Å². The fourth-order valence-electron chi connectivity index (χ4n) is 4.85. The van der Waals surface area contributed by atoms with Crippen molar-refractivity contribution in [2.75, 3.05) is 11.1 Å². The van der Waals surface area contributed by atoms with Crippen molar-refractivity contribution in [2.24, 2.45) is 0 Å². The average molecular weight is 515 g/mol. The Labute approximate surface area is 211 Å². The maximum atomic E-state index is 13.9. The number of rotatable bonds is 6. The van der Waals surface area contributed by atoms with E-state index in [1.165, 1.54) is 24.3 Å². The minimum atomic E-state index is -4.43. The number of halogens is 4. The van der Waals surface area contributed by atoms with Crippen LogP contribution >= 0.6 is 11.6 Å². The number of alkyl halides is 3. The van der Waals surface area contributed by atoms with Crippen molar-refractivity contribution in [1.29, 1.82) is 0 Å². The van der Waals surface area contributed by atoms with Crippen LogP contribution in [0.2, 0.25) is 5.02 Å². The number of nitrogens with two attached hydrogens (primary N) is 1. The number of anilines is 2. The monoisotopic (exact) mass is 514 g/mol. The molecular formula is C26H26ClF3N6. The summed E-state index contributed by atoms with van der Waals surface area (Å²) < 4.78 is 41.7. The number of hydrogen-bond acceptors (Lipinski definition) is 5. The summed E-state index contributed by atoms with van der Waals surface area (Å²) in [5.41, 5.74) is 8.66. The quantitative estimate of drug-likeness (QED) is 0.221. The van der Waals surface area contributed by atoms with Crippen LogP contribution in [-0.4, -0.2) is 33.2 Å². The van der Waals surface area contributed by atoms with E-state index >= 15 is 0 Å². The van der Waals surface area contributed by atoms with E-state index in [2.05, 4.69) is 25.6 Å². The molecule has 1 saturated carbocycles. The van der Waals surface area contributed by atoms with Crippen LogP contribution < -0.4 is 16.4 Å². The molecule has 0 amide bonds. The summed E-state index contributed by atoms with van der Waals surface area (Å²) in [4.78, 5) is 12.2. The number of fused-ring (bicyclic) bond motifs is 1. The zero-order chi connectivity index (χ0) is 25.3. The fraction of sp³-hybridized carbons (Fsp3) is 0.308. The van der Waals surface area contributed by atoms with Crippen LogP contribution in [-0.2, 0) is 0 Å². The summed E-state index contributed by atoms with van der Waals surface area (Å²) in [6, 6.07) is 11.5. The van der Waals surface area contributed by atoms with Crippen molar-refractivity contribution in [3.05, 3.63) is 71.5 Å². The van der Waals surface area contributed by atoms with Crippen LogP contribution in [0.5, 0.6) is 0 Å². The molecule has 1 fully saturated rings. The molecule has 5 rings (SSSR count). The van der Waals surface area contributed by atoms with Crippen molar-refractivity contribution in [3.63, 3.8) is 0 Å².